The number of pyridine rings is 1. The van der Waals surface area contributed by atoms with Crippen LogP contribution in [0.15, 0.2) is 18.3 Å². The van der Waals surface area contributed by atoms with E-state index >= 15 is 0 Å². The van der Waals surface area contributed by atoms with Crippen molar-refractivity contribution in [3.8, 4) is 6.07 Å². The van der Waals surface area contributed by atoms with Gasteiger partial charge in [-0.25, -0.2) is 9.99 Å². The molecule has 1 N–H and O–H groups in total. The van der Waals surface area contributed by atoms with Crippen LogP contribution in [0.25, 0.3) is 0 Å². The molecule has 2 heterocycles. The van der Waals surface area contributed by atoms with E-state index < -0.39 is 0 Å². The predicted molar refractivity (Wildman–Crippen MR) is 58.8 cm³/mol. The number of nitrogens with zero attached hydrogens (tertiary/aromatic N) is 3. The van der Waals surface area contributed by atoms with Gasteiger partial charge in [0, 0.05) is 19.3 Å². The maximum atomic E-state index is 11.8. The maximum absolute atomic E-state index is 11.8. The summed E-state index contributed by atoms with van der Waals surface area (Å²) in [5.41, 5.74) is 3.48. The normalized spacial score (nSPS) is 16.2. The number of carbonyl (C=O) groups excluding carboxylic acids is 1. The van der Waals surface area contributed by atoms with Crippen molar-refractivity contribution in [2.75, 3.05) is 26.3 Å². The molecule has 17 heavy (non-hydrogen) atoms. The summed E-state index contributed by atoms with van der Waals surface area (Å²) in [6.07, 6.45) is 1.38. The molecule has 0 bridgehead atoms. The second kappa shape index (κ2) is 5.39. The fourth-order valence-corrected chi connectivity index (χ4v) is 1.47. The van der Waals surface area contributed by atoms with E-state index in [0.717, 1.165) is 0 Å². The summed E-state index contributed by atoms with van der Waals surface area (Å²) in [5.74, 6) is -0.267. The molecule has 1 fully saturated rings. The van der Waals surface area contributed by atoms with E-state index in [-0.39, 0.29) is 5.91 Å². The number of nitrogens with one attached hydrogen (secondary N) is 1. The smallest absolute Gasteiger partial charge is 0.284 e. The number of carbonyl (C=O) groups is 1. The summed E-state index contributed by atoms with van der Waals surface area (Å²) in [6, 6.07) is 5.06. The molecule has 1 saturated heterocycles. The van der Waals surface area contributed by atoms with E-state index in [1.165, 1.54) is 12.3 Å². The van der Waals surface area contributed by atoms with Gasteiger partial charge in [-0.05, 0) is 12.1 Å². The van der Waals surface area contributed by atoms with Gasteiger partial charge in [0.15, 0.2) is 0 Å². The monoisotopic (exact) mass is 232 g/mol. The lowest BCUT2D eigenvalue weighted by atomic mass is 10.2. The third-order valence-electron chi connectivity index (χ3n) is 2.40. The second-order valence-electron chi connectivity index (χ2n) is 3.58. The van der Waals surface area contributed by atoms with Gasteiger partial charge in [-0.1, -0.05) is 0 Å². The van der Waals surface area contributed by atoms with Crippen molar-refractivity contribution in [2.24, 2.45) is 0 Å². The highest BCUT2D eigenvalue weighted by Gasteiger charge is 2.14. The van der Waals surface area contributed by atoms with Crippen LogP contribution in [0.5, 0.6) is 0 Å². The first-order valence-electron chi connectivity index (χ1n) is 5.29. The van der Waals surface area contributed by atoms with Crippen molar-refractivity contribution in [1.29, 1.82) is 5.26 Å². The summed E-state index contributed by atoms with van der Waals surface area (Å²) >= 11 is 0. The fourth-order valence-electron chi connectivity index (χ4n) is 1.47. The van der Waals surface area contributed by atoms with Crippen molar-refractivity contribution in [3.63, 3.8) is 0 Å². The van der Waals surface area contributed by atoms with Crippen molar-refractivity contribution >= 4 is 5.91 Å². The summed E-state index contributed by atoms with van der Waals surface area (Å²) in [5, 5.41) is 10.4. The average Bonchev–Trinajstić information content (AvgIpc) is 2.40. The highest BCUT2D eigenvalue weighted by atomic mass is 16.5. The lowest BCUT2D eigenvalue weighted by molar-refractivity contribution is 0.0124. The van der Waals surface area contributed by atoms with Crippen LogP contribution in [-0.2, 0) is 4.74 Å². The molecule has 1 amide bonds. The third kappa shape index (κ3) is 3.00. The minimum Gasteiger partial charge on any atom is -0.379 e. The number of hydrogen-bond donors (Lipinski definition) is 1. The van der Waals surface area contributed by atoms with Gasteiger partial charge in [0.1, 0.15) is 11.8 Å². The molecule has 0 atom stereocenters. The van der Waals surface area contributed by atoms with E-state index in [1.54, 1.807) is 11.1 Å². The molecule has 0 spiro atoms. The topological polar surface area (TPSA) is 78.2 Å². The van der Waals surface area contributed by atoms with E-state index in [2.05, 4.69) is 10.4 Å². The van der Waals surface area contributed by atoms with E-state index in [4.69, 9.17) is 10.00 Å². The molecule has 88 valence electrons. The standard InChI is InChI=1S/C11H12N4O2/c12-7-9-1-2-10(13-8-9)11(16)14-15-3-5-17-6-4-15/h1-2,8H,3-6H2,(H,14,16). The minimum atomic E-state index is -0.267. The van der Waals surface area contributed by atoms with E-state index in [1.807, 2.05) is 6.07 Å². The van der Waals surface area contributed by atoms with Gasteiger partial charge in [-0.2, -0.15) is 5.26 Å². The molecule has 0 aromatic carbocycles. The summed E-state index contributed by atoms with van der Waals surface area (Å²) in [4.78, 5) is 15.7. The second-order valence-corrected chi connectivity index (χ2v) is 3.58. The number of nitriles is 1. The molecule has 6 heteroatoms. The maximum Gasteiger partial charge on any atom is 0.284 e. The Balaban J connectivity index is 1.96. The molecule has 1 aliphatic heterocycles. The summed E-state index contributed by atoms with van der Waals surface area (Å²) in [7, 11) is 0. The van der Waals surface area contributed by atoms with Crippen LogP contribution in [0.1, 0.15) is 16.1 Å². The molecule has 0 saturated carbocycles. The predicted octanol–water partition coefficient (Wildman–Crippen LogP) is -0.0697. The number of morpholine rings is 1. The number of hydrazine groups is 1. The first-order chi connectivity index (χ1) is 8.29. The Morgan fingerprint density at radius 2 is 2.24 bits per heavy atom. The number of aromatic nitrogens is 1. The molecular weight excluding hydrogens is 220 g/mol. The van der Waals surface area contributed by atoms with Crippen molar-refractivity contribution < 1.29 is 9.53 Å². The fraction of sp³-hybridized carbons (Fsp3) is 0.364. The van der Waals surface area contributed by atoms with Crippen LogP contribution in [0, 0.1) is 11.3 Å². The van der Waals surface area contributed by atoms with Gasteiger partial charge in [0.2, 0.25) is 0 Å². The number of hydrogen-bond acceptors (Lipinski definition) is 5. The van der Waals surface area contributed by atoms with Gasteiger partial charge in [0.05, 0.1) is 18.8 Å². The SMILES string of the molecule is N#Cc1ccc(C(=O)NN2CCOCC2)nc1. The Hall–Kier alpha value is -1.97. The zero-order valence-electron chi connectivity index (χ0n) is 9.22. The molecule has 2 rings (SSSR count). The summed E-state index contributed by atoms with van der Waals surface area (Å²) < 4.78 is 5.17. The summed E-state index contributed by atoms with van der Waals surface area (Å²) in [6.45, 7) is 2.56. The van der Waals surface area contributed by atoms with Crippen molar-refractivity contribution in [1.82, 2.24) is 15.4 Å². The molecule has 0 aliphatic carbocycles. The van der Waals surface area contributed by atoms with Crippen LogP contribution in [-0.4, -0.2) is 42.2 Å². The minimum absolute atomic E-state index is 0.267. The molecule has 0 radical (unpaired) electrons. The quantitative estimate of drug-likeness (QED) is 0.772. The van der Waals surface area contributed by atoms with Gasteiger partial charge < -0.3 is 4.74 Å². The average molecular weight is 232 g/mol. The van der Waals surface area contributed by atoms with Gasteiger partial charge >= 0.3 is 0 Å². The number of rotatable bonds is 2. The Bertz CT molecular complexity index is 432. The molecule has 1 aromatic rings. The molecule has 1 aliphatic rings. The Kier molecular flexibility index (Phi) is 3.65. The highest BCUT2D eigenvalue weighted by Crippen LogP contribution is 2.00. The third-order valence-corrected chi connectivity index (χ3v) is 2.40. The van der Waals surface area contributed by atoms with Crippen LogP contribution >= 0.6 is 0 Å². The van der Waals surface area contributed by atoms with Gasteiger partial charge in [-0.3, -0.25) is 10.2 Å². The van der Waals surface area contributed by atoms with Crippen LogP contribution in [0.2, 0.25) is 0 Å². The molecular formula is C11H12N4O2. The Morgan fingerprint density at radius 1 is 1.47 bits per heavy atom. The highest BCUT2D eigenvalue weighted by molar-refractivity contribution is 5.91. The first kappa shape index (κ1) is 11.5. The van der Waals surface area contributed by atoms with Crippen molar-refractivity contribution in [3.05, 3.63) is 29.6 Å². The molecule has 6 nitrogen and oxygen atoms in total. The first-order valence-corrected chi connectivity index (χ1v) is 5.29. The Labute approximate surface area is 98.8 Å². The van der Waals surface area contributed by atoms with Gasteiger partial charge in [-0.15, -0.1) is 0 Å². The zero-order chi connectivity index (χ0) is 12.1. The van der Waals surface area contributed by atoms with Crippen LogP contribution < -0.4 is 5.43 Å². The molecule has 1 aromatic heterocycles. The lowest BCUT2D eigenvalue weighted by Gasteiger charge is -2.26. The van der Waals surface area contributed by atoms with Gasteiger partial charge in [0.25, 0.3) is 5.91 Å². The lowest BCUT2D eigenvalue weighted by Crippen LogP contribution is -2.48. The van der Waals surface area contributed by atoms with Crippen LogP contribution in [0.4, 0.5) is 0 Å². The largest absolute Gasteiger partial charge is 0.379 e. The number of ether oxygens (including phenoxy) is 1. The zero-order valence-corrected chi connectivity index (χ0v) is 9.22. The van der Waals surface area contributed by atoms with E-state index in [0.29, 0.717) is 37.6 Å². The Morgan fingerprint density at radius 3 is 2.82 bits per heavy atom. The van der Waals surface area contributed by atoms with Crippen LogP contribution in [0.3, 0.4) is 0 Å². The molecule has 0 unspecified atom stereocenters. The van der Waals surface area contributed by atoms with Crippen molar-refractivity contribution in [2.45, 2.75) is 0 Å². The van der Waals surface area contributed by atoms with E-state index in [9.17, 15) is 4.79 Å². The number of amides is 1.